The van der Waals surface area contributed by atoms with Crippen molar-refractivity contribution in [3.63, 3.8) is 0 Å². The molecule has 0 radical (unpaired) electrons. The van der Waals surface area contributed by atoms with Crippen molar-refractivity contribution in [2.45, 2.75) is 50.4 Å². The Balaban J connectivity index is 1.81. The minimum atomic E-state index is -1.29. The highest BCUT2D eigenvalue weighted by Crippen LogP contribution is 2.19. The molecule has 4 atom stereocenters. The highest BCUT2D eigenvalue weighted by molar-refractivity contribution is 5.95. The van der Waals surface area contributed by atoms with Gasteiger partial charge in [-0.15, -0.1) is 0 Å². The zero-order chi connectivity index (χ0) is 24.7. The summed E-state index contributed by atoms with van der Waals surface area (Å²) in [5.41, 5.74) is 1.20. The van der Waals surface area contributed by atoms with E-state index >= 15 is 0 Å². The highest BCUT2D eigenvalue weighted by atomic mass is 16.4. The van der Waals surface area contributed by atoms with Crippen molar-refractivity contribution < 1.29 is 29.4 Å². The maximum absolute atomic E-state index is 13.0. The molecular weight excluding hydrogens is 438 g/mol. The summed E-state index contributed by atoms with van der Waals surface area (Å²) in [4.78, 5) is 50.8. The number of hydrogen-bond acceptors (Lipinski definition) is 5. The molecule has 1 aliphatic rings. The van der Waals surface area contributed by atoms with Crippen molar-refractivity contribution in [1.82, 2.24) is 15.5 Å². The van der Waals surface area contributed by atoms with Crippen LogP contribution in [0.1, 0.15) is 35.7 Å². The molecule has 9 nitrogen and oxygen atoms in total. The van der Waals surface area contributed by atoms with Gasteiger partial charge >= 0.3 is 11.9 Å². The molecule has 1 saturated heterocycles. The predicted octanol–water partition coefficient (Wildman–Crippen LogP) is 1.53. The van der Waals surface area contributed by atoms with Gasteiger partial charge in [0.1, 0.15) is 12.1 Å². The van der Waals surface area contributed by atoms with E-state index < -0.39 is 47.9 Å². The molecule has 0 spiro atoms. The Hall–Kier alpha value is -3.72. The normalized spacial score (nSPS) is 18.0. The van der Waals surface area contributed by atoms with Crippen LogP contribution in [-0.4, -0.2) is 69.6 Å². The maximum atomic E-state index is 13.0. The molecule has 0 aromatic heterocycles. The molecule has 1 fully saturated rings. The molecule has 0 saturated carbocycles. The van der Waals surface area contributed by atoms with Crippen molar-refractivity contribution in [2.75, 3.05) is 6.54 Å². The average Bonchev–Trinajstić information content (AvgIpc) is 3.33. The van der Waals surface area contributed by atoms with E-state index in [1.165, 1.54) is 11.8 Å². The summed E-state index contributed by atoms with van der Waals surface area (Å²) in [6.45, 7) is 1.81. The number of aliphatic carboxylic acids is 2. The summed E-state index contributed by atoms with van der Waals surface area (Å²) in [5.74, 6) is -3.22. The van der Waals surface area contributed by atoms with E-state index in [2.05, 4.69) is 10.6 Å². The van der Waals surface area contributed by atoms with E-state index in [-0.39, 0.29) is 6.42 Å². The van der Waals surface area contributed by atoms with E-state index in [0.717, 1.165) is 5.56 Å². The first-order valence-corrected chi connectivity index (χ1v) is 11.2. The van der Waals surface area contributed by atoms with E-state index in [0.29, 0.717) is 24.9 Å². The van der Waals surface area contributed by atoms with E-state index in [1.54, 1.807) is 30.3 Å². The summed E-state index contributed by atoms with van der Waals surface area (Å²) >= 11 is 0. The molecule has 0 bridgehead atoms. The summed E-state index contributed by atoms with van der Waals surface area (Å²) < 4.78 is 0. The average molecular weight is 468 g/mol. The number of amides is 2. The standard InChI is InChI=1S/C25H29N3O6/c1-16(23(30)28-14-8-13-20(28)24(31)32)26-21(25(33)34)19(15-17-9-4-2-5-10-17)27-22(29)18-11-6-3-7-12-18/h2-7,9-12,16,19-21,26H,8,13-15H2,1H3,(H,27,29)(H,31,32)(H,33,34)/t16?,19-,20-,21?/m0/s1. The van der Waals surface area contributed by atoms with Gasteiger partial charge in [0.05, 0.1) is 12.1 Å². The fourth-order valence-corrected chi connectivity index (χ4v) is 4.20. The minimum Gasteiger partial charge on any atom is -0.480 e. The fraction of sp³-hybridized carbons (Fsp3) is 0.360. The SMILES string of the molecule is CC(NC(C(=O)O)[C@H](Cc1ccccc1)NC(=O)c1ccccc1)C(=O)N1CCC[C@H]1C(=O)O. The topological polar surface area (TPSA) is 136 Å². The van der Waals surface area contributed by atoms with E-state index in [1.807, 2.05) is 30.3 Å². The molecule has 2 amide bonds. The lowest BCUT2D eigenvalue weighted by molar-refractivity contribution is -0.149. The van der Waals surface area contributed by atoms with E-state index in [9.17, 15) is 29.4 Å². The van der Waals surface area contributed by atoms with Gasteiger partial charge in [-0.05, 0) is 43.9 Å². The molecular formula is C25H29N3O6. The largest absolute Gasteiger partial charge is 0.480 e. The zero-order valence-corrected chi connectivity index (χ0v) is 18.9. The molecule has 2 aromatic carbocycles. The molecule has 2 aromatic rings. The number of nitrogens with one attached hydrogen (secondary N) is 2. The summed E-state index contributed by atoms with van der Waals surface area (Å²) in [6, 6.07) is 13.5. The molecule has 1 aliphatic heterocycles. The van der Waals surface area contributed by atoms with Gasteiger partial charge < -0.3 is 20.4 Å². The molecule has 180 valence electrons. The van der Waals surface area contributed by atoms with Crippen molar-refractivity contribution in [3.05, 3.63) is 71.8 Å². The van der Waals surface area contributed by atoms with Crippen LogP contribution in [0.2, 0.25) is 0 Å². The lowest BCUT2D eigenvalue weighted by Gasteiger charge is -2.31. The van der Waals surface area contributed by atoms with Crippen LogP contribution in [0.4, 0.5) is 0 Å². The molecule has 3 rings (SSSR count). The number of carbonyl (C=O) groups excluding carboxylic acids is 2. The Bertz CT molecular complexity index is 1010. The van der Waals surface area contributed by atoms with Crippen LogP contribution >= 0.6 is 0 Å². The molecule has 0 aliphatic carbocycles. The van der Waals surface area contributed by atoms with E-state index in [4.69, 9.17) is 0 Å². The molecule has 1 heterocycles. The summed E-state index contributed by atoms with van der Waals surface area (Å²) in [7, 11) is 0. The quantitative estimate of drug-likeness (QED) is 0.416. The monoisotopic (exact) mass is 467 g/mol. The second kappa shape index (κ2) is 11.4. The van der Waals surface area contributed by atoms with Gasteiger partial charge in [-0.1, -0.05) is 48.5 Å². The van der Waals surface area contributed by atoms with Gasteiger partial charge in [0, 0.05) is 12.1 Å². The van der Waals surface area contributed by atoms with Crippen molar-refractivity contribution >= 4 is 23.8 Å². The van der Waals surface area contributed by atoms with Gasteiger partial charge in [0.2, 0.25) is 5.91 Å². The third kappa shape index (κ3) is 6.20. The smallest absolute Gasteiger partial charge is 0.326 e. The van der Waals surface area contributed by atoms with Gasteiger partial charge in [0.25, 0.3) is 5.91 Å². The fourth-order valence-electron chi connectivity index (χ4n) is 4.20. The van der Waals surface area contributed by atoms with Crippen molar-refractivity contribution in [1.29, 1.82) is 0 Å². The van der Waals surface area contributed by atoms with Gasteiger partial charge in [0.15, 0.2) is 0 Å². The summed E-state index contributed by atoms with van der Waals surface area (Å²) in [6.07, 6.45) is 1.15. The Morgan fingerprint density at radius 3 is 2.21 bits per heavy atom. The lowest BCUT2D eigenvalue weighted by atomic mass is 9.97. The van der Waals surface area contributed by atoms with Gasteiger partial charge in [-0.25, -0.2) is 4.79 Å². The molecule has 9 heteroatoms. The number of carboxylic acid groups (broad SMARTS) is 2. The van der Waals surface area contributed by atoms with Gasteiger partial charge in [-0.3, -0.25) is 19.7 Å². The Labute approximate surface area is 197 Å². The van der Waals surface area contributed by atoms with Crippen LogP contribution in [0, 0.1) is 0 Å². The number of likely N-dealkylation sites (tertiary alicyclic amines) is 1. The number of benzene rings is 2. The first-order chi connectivity index (χ1) is 16.3. The molecule has 2 unspecified atom stereocenters. The van der Waals surface area contributed by atoms with Crippen molar-refractivity contribution in [3.8, 4) is 0 Å². The third-order valence-corrected chi connectivity index (χ3v) is 5.94. The number of hydrogen-bond donors (Lipinski definition) is 4. The predicted molar refractivity (Wildman–Crippen MR) is 124 cm³/mol. The van der Waals surface area contributed by atoms with Crippen LogP contribution in [0.25, 0.3) is 0 Å². The number of carboxylic acids is 2. The number of nitrogens with zero attached hydrogens (tertiary/aromatic N) is 1. The molecule has 34 heavy (non-hydrogen) atoms. The summed E-state index contributed by atoms with van der Waals surface area (Å²) in [5, 5.41) is 25.0. The van der Waals surface area contributed by atoms with Crippen LogP contribution < -0.4 is 10.6 Å². The first-order valence-electron chi connectivity index (χ1n) is 11.2. The second-order valence-corrected chi connectivity index (χ2v) is 8.37. The Morgan fingerprint density at radius 2 is 1.62 bits per heavy atom. The lowest BCUT2D eigenvalue weighted by Crippen LogP contribution is -2.60. The first kappa shape index (κ1) is 24.9. The van der Waals surface area contributed by atoms with Crippen LogP contribution in [0.15, 0.2) is 60.7 Å². The van der Waals surface area contributed by atoms with Crippen LogP contribution in [-0.2, 0) is 20.8 Å². The molecule has 4 N–H and O–H groups in total. The van der Waals surface area contributed by atoms with Crippen LogP contribution in [0.5, 0.6) is 0 Å². The number of rotatable bonds is 10. The maximum Gasteiger partial charge on any atom is 0.326 e. The Kier molecular flexibility index (Phi) is 8.37. The Morgan fingerprint density at radius 1 is 1.00 bits per heavy atom. The van der Waals surface area contributed by atoms with Crippen LogP contribution in [0.3, 0.4) is 0 Å². The highest BCUT2D eigenvalue weighted by Gasteiger charge is 2.38. The van der Waals surface area contributed by atoms with Crippen molar-refractivity contribution in [2.24, 2.45) is 0 Å². The van der Waals surface area contributed by atoms with Gasteiger partial charge in [-0.2, -0.15) is 0 Å². The zero-order valence-electron chi connectivity index (χ0n) is 18.9. The number of carbonyl (C=O) groups is 4. The minimum absolute atomic E-state index is 0.214. The second-order valence-electron chi connectivity index (χ2n) is 8.37. The third-order valence-electron chi connectivity index (χ3n) is 5.94.